The van der Waals surface area contributed by atoms with Gasteiger partial charge in [0.1, 0.15) is 6.04 Å². The summed E-state index contributed by atoms with van der Waals surface area (Å²) < 4.78 is 4.71. The monoisotopic (exact) mass is 206 g/mol. The van der Waals surface area contributed by atoms with E-state index in [0.717, 1.165) is 12.1 Å². The molecule has 2 rings (SSSR count). The number of para-hydroxylation sites is 1. The molecule has 0 saturated carbocycles. The van der Waals surface area contributed by atoms with Gasteiger partial charge < -0.3 is 4.74 Å². The van der Waals surface area contributed by atoms with Crippen molar-refractivity contribution in [2.75, 3.05) is 12.1 Å². The van der Waals surface area contributed by atoms with Gasteiger partial charge in [0.05, 0.1) is 12.8 Å². The topological polar surface area (TPSA) is 55.6 Å². The van der Waals surface area contributed by atoms with E-state index < -0.39 is 0 Å². The normalized spacial score (nSPS) is 19.6. The second kappa shape index (κ2) is 3.90. The van der Waals surface area contributed by atoms with Gasteiger partial charge in [0.25, 0.3) is 0 Å². The number of fused-ring (bicyclic) bond motifs is 1. The average Bonchev–Trinajstić information content (AvgIpc) is 2.29. The molecule has 2 N–H and O–H groups in total. The molecule has 0 aromatic heterocycles. The molecule has 0 bridgehead atoms. The largest absolute Gasteiger partial charge is 0.467 e. The summed E-state index contributed by atoms with van der Waals surface area (Å²) in [6, 6.07) is 7.49. The number of nitrogens with two attached hydrogens (primary N) is 1. The summed E-state index contributed by atoms with van der Waals surface area (Å²) in [6.07, 6.45) is 1.57. The second-order valence-corrected chi connectivity index (χ2v) is 3.61. The summed E-state index contributed by atoms with van der Waals surface area (Å²) in [5, 5.41) is 1.50. The van der Waals surface area contributed by atoms with E-state index >= 15 is 0 Å². The third-order valence-electron chi connectivity index (χ3n) is 2.77. The number of anilines is 1. The number of hydrogen-bond acceptors (Lipinski definition) is 4. The average molecular weight is 206 g/mol. The Hall–Kier alpha value is -1.55. The maximum absolute atomic E-state index is 11.4. The standard InChI is InChI=1S/C11H14N2O2/c1-15-11(14)10-7-6-8-4-2-3-5-9(8)13(10)12/h2-5,10H,6-7,12H2,1H3. The molecule has 4 heteroatoms. The molecule has 15 heavy (non-hydrogen) atoms. The molecule has 0 saturated heterocycles. The van der Waals surface area contributed by atoms with Gasteiger partial charge in [-0.3, -0.25) is 5.01 Å². The second-order valence-electron chi connectivity index (χ2n) is 3.61. The fourth-order valence-corrected chi connectivity index (χ4v) is 1.94. The molecular formula is C11H14N2O2. The molecule has 1 atom stereocenters. The summed E-state index contributed by atoms with van der Waals surface area (Å²) >= 11 is 0. The number of hydrazine groups is 1. The van der Waals surface area contributed by atoms with Crippen LogP contribution in [0.2, 0.25) is 0 Å². The third-order valence-corrected chi connectivity index (χ3v) is 2.77. The highest BCUT2D eigenvalue weighted by molar-refractivity contribution is 5.81. The quantitative estimate of drug-likeness (QED) is 0.547. The van der Waals surface area contributed by atoms with Crippen molar-refractivity contribution in [1.29, 1.82) is 0 Å². The molecule has 80 valence electrons. The van der Waals surface area contributed by atoms with Gasteiger partial charge in [-0.1, -0.05) is 18.2 Å². The third kappa shape index (κ3) is 1.68. The van der Waals surface area contributed by atoms with Gasteiger partial charge in [0, 0.05) is 0 Å². The van der Waals surface area contributed by atoms with Crippen LogP contribution in [0.4, 0.5) is 5.69 Å². The molecule has 1 aromatic rings. The van der Waals surface area contributed by atoms with Gasteiger partial charge in [0.15, 0.2) is 0 Å². The maximum Gasteiger partial charge on any atom is 0.330 e. The summed E-state index contributed by atoms with van der Waals surface area (Å²) in [5.74, 6) is 5.63. The minimum Gasteiger partial charge on any atom is -0.467 e. The van der Waals surface area contributed by atoms with E-state index in [1.807, 2.05) is 24.3 Å². The van der Waals surface area contributed by atoms with Gasteiger partial charge in [-0.15, -0.1) is 0 Å². The lowest BCUT2D eigenvalue weighted by Gasteiger charge is -2.33. The molecule has 1 heterocycles. The Kier molecular flexibility index (Phi) is 2.60. The summed E-state index contributed by atoms with van der Waals surface area (Å²) in [4.78, 5) is 11.4. The van der Waals surface area contributed by atoms with E-state index in [1.54, 1.807) is 0 Å². The highest BCUT2D eigenvalue weighted by Crippen LogP contribution is 2.28. The SMILES string of the molecule is COC(=O)C1CCc2ccccc2N1N. The first-order chi connectivity index (χ1) is 7.24. The van der Waals surface area contributed by atoms with Crippen molar-refractivity contribution in [2.45, 2.75) is 18.9 Å². The Bertz CT molecular complexity index is 379. The Morgan fingerprint density at radius 3 is 3.00 bits per heavy atom. The van der Waals surface area contributed by atoms with Crippen molar-refractivity contribution in [3.63, 3.8) is 0 Å². The van der Waals surface area contributed by atoms with Crippen molar-refractivity contribution >= 4 is 11.7 Å². The van der Waals surface area contributed by atoms with E-state index in [2.05, 4.69) is 0 Å². The lowest BCUT2D eigenvalue weighted by molar-refractivity contribution is -0.142. The Morgan fingerprint density at radius 1 is 1.53 bits per heavy atom. The van der Waals surface area contributed by atoms with Gasteiger partial charge in [-0.25, -0.2) is 10.6 Å². The lowest BCUT2D eigenvalue weighted by atomic mass is 9.97. The number of methoxy groups -OCH3 is 1. The predicted molar refractivity (Wildman–Crippen MR) is 57.2 cm³/mol. The number of esters is 1. The van der Waals surface area contributed by atoms with E-state index in [1.165, 1.54) is 17.7 Å². The van der Waals surface area contributed by atoms with Crippen LogP contribution in [0.25, 0.3) is 0 Å². The zero-order valence-electron chi connectivity index (χ0n) is 8.64. The number of ether oxygens (including phenoxy) is 1. The van der Waals surface area contributed by atoms with E-state index in [4.69, 9.17) is 10.6 Å². The molecule has 0 fully saturated rings. The molecule has 0 radical (unpaired) electrons. The van der Waals surface area contributed by atoms with Crippen molar-refractivity contribution < 1.29 is 9.53 Å². The molecule has 1 unspecified atom stereocenters. The van der Waals surface area contributed by atoms with Crippen LogP contribution < -0.4 is 10.9 Å². The first-order valence-electron chi connectivity index (χ1n) is 4.93. The molecular weight excluding hydrogens is 192 g/mol. The summed E-state index contributed by atoms with van der Waals surface area (Å²) in [5.41, 5.74) is 2.10. The number of hydrogen-bond donors (Lipinski definition) is 1. The molecule has 1 aliphatic rings. The molecule has 0 amide bonds. The minimum atomic E-state index is -0.357. The fourth-order valence-electron chi connectivity index (χ4n) is 1.94. The molecule has 0 aliphatic carbocycles. The predicted octanol–water partition coefficient (Wildman–Crippen LogP) is 0.854. The van der Waals surface area contributed by atoms with E-state index in [-0.39, 0.29) is 12.0 Å². The minimum absolute atomic E-state index is 0.271. The number of aryl methyl sites for hydroxylation is 1. The van der Waals surface area contributed by atoms with Crippen LogP contribution in [-0.4, -0.2) is 19.1 Å². The van der Waals surface area contributed by atoms with Gasteiger partial charge >= 0.3 is 5.97 Å². The van der Waals surface area contributed by atoms with Crippen molar-refractivity contribution in [1.82, 2.24) is 0 Å². The Morgan fingerprint density at radius 2 is 2.27 bits per heavy atom. The van der Waals surface area contributed by atoms with Gasteiger partial charge in [-0.2, -0.15) is 0 Å². The molecule has 0 spiro atoms. The highest BCUT2D eigenvalue weighted by atomic mass is 16.5. The smallest absolute Gasteiger partial charge is 0.330 e. The number of carbonyl (C=O) groups excluding carboxylic acids is 1. The zero-order valence-corrected chi connectivity index (χ0v) is 8.64. The van der Waals surface area contributed by atoms with Crippen LogP contribution in [0.15, 0.2) is 24.3 Å². The summed E-state index contributed by atoms with van der Waals surface area (Å²) in [7, 11) is 1.39. The Labute approximate surface area is 88.6 Å². The number of rotatable bonds is 1. The Balaban J connectivity index is 2.29. The van der Waals surface area contributed by atoms with E-state index in [0.29, 0.717) is 6.42 Å². The molecule has 1 aliphatic heterocycles. The van der Waals surface area contributed by atoms with Crippen LogP contribution in [0, 0.1) is 0 Å². The van der Waals surface area contributed by atoms with Crippen LogP contribution >= 0.6 is 0 Å². The van der Waals surface area contributed by atoms with E-state index in [9.17, 15) is 4.79 Å². The molecule has 1 aromatic carbocycles. The summed E-state index contributed by atoms with van der Waals surface area (Å²) in [6.45, 7) is 0. The number of benzene rings is 1. The van der Waals surface area contributed by atoms with Crippen LogP contribution in [0.1, 0.15) is 12.0 Å². The first-order valence-corrected chi connectivity index (χ1v) is 4.93. The van der Waals surface area contributed by atoms with Crippen molar-refractivity contribution in [3.8, 4) is 0 Å². The van der Waals surface area contributed by atoms with Crippen LogP contribution in [0.3, 0.4) is 0 Å². The van der Waals surface area contributed by atoms with Gasteiger partial charge in [0.2, 0.25) is 0 Å². The zero-order chi connectivity index (χ0) is 10.8. The molecule has 4 nitrogen and oxygen atoms in total. The number of carbonyl (C=O) groups is 1. The van der Waals surface area contributed by atoms with Gasteiger partial charge in [-0.05, 0) is 24.5 Å². The van der Waals surface area contributed by atoms with Crippen LogP contribution in [-0.2, 0) is 16.0 Å². The first kappa shape index (κ1) is 9.98. The van der Waals surface area contributed by atoms with Crippen LogP contribution in [0.5, 0.6) is 0 Å². The highest BCUT2D eigenvalue weighted by Gasteiger charge is 2.30. The van der Waals surface area contributed by atoms with Crippen molar-refractivity contribution in [3.05, 3.63) is 29.8 Å². The lowest BCUT2D eigenvalue weighted by Crippen LogP contribution is -2.49. The fraction of sp³-hybridized carbons (Fsp3) is 0.364. The maximum atomic E-state index is 11.4. The number of nitrogens with zero attached hydrogens (tertiary/aromatic N) is 1. The van der Waals surface area contributed by atoms with Crippen molar-refractivity contribution in [2.24, 2.45) is 5.84 Å².